The average Bonchev–Trinajstić information content (AvgIpc) is 2.94. The summed E-state index contributed by atoms with van der Waals surface area (Å²) in [7, 11) is 0. The first-order valence-electron chi connectivity index (χ1n) is 14.7. The maximum atomic E-state index is 12.7. The van der Waals surface area contributed by atoms with Crippen LogP contribution >= 0.6 is 0 Å². The molecule has 12 heteroatoms. The van der Waals surface area contributed by atoms with Crippen LogP contribution in [-0.4, -0.2) is 62.5 Å². The number of benzene rings is 1. The number of esters is 1. The van der Waals surface area contributed by atoms with Gasteiger partial charge in [-0.1, -0.05) is 67.4 Å². The zero-order valence-corrected chi connectivity index (χ0v) is 26.9. The molecule has 0 amide bonds. The minimum atomic E-state index is -1.11. The van der Waals surface area contributed by atoms with E-state index in [0.29, 0.717) is 5.56 Å². The van der Waals surface area contributed by atoms with Gasteiger partial charge in [0.2, 0.25) is 0 Å². The smallest absolute Gasteiger partial charge is 0.458 e. The van der Waals surface area contributed by atoms with Crippen molar-refractivity contribution in [3.63, 3.8) is 0 Å². The molecule has 0 saturated carbocycles. The Kier molecular flexibility index (Phi) is 15.9. The molecule has 0 heterocycles. The molecule has 0 aliphatic carbocycles. The standard InChI is InChI=1S/C31H49NO11/c1-10-19(3)16-37-28(34)42-25-13-12-23(15-26(25)43-29(35)38-17-20(4)11-2)14-24(32)27(33)40-21(5)22(6)41-30(36)39-18-31(7,8)9/h12-13,15,19-22,24H,10-11,14,16-18,32H2,1-9H3/t19?,20?,21-,22-,24-/m0/s1. The van der Waals surface area contributed by atoms with E-state index in [0.717, 1.165) is 12.8 Å². The Hall–Kier alpha value is -3.54. The molecule has 1 aromatic rings. The normalized spacial score (nSPS) is 14.7. The van der Waals surface area contributed by atoms with Crippen molar-refractivity contribution >= 4 is 24.4 Å². The van der Waals surface area contributed by atoms with Crippen LogP contribution in [0.5, 0.6) is 11.5 Å². The van der Waals surface area contributed by atoms with Crippen LogP contribution in [0.2, 0.25) is 0 Å². The predicted octanol–water partition coefficient (Wildman–Crippen LogP) is 6.20. The van der Waals surface area contributed by atoms with E-state index in [1.165, 1.54) is 12.1 Å². The zero-order chi connectivity index (χ0) is 32.7. The summed E-state index contributed by atoms with van der Waals surface area (Å²) >= 11 is 0. The summed E-state index contributed by atoms with van der Waals surface area (Å²) in [5.41, 5.74) is 6.35. The Bertz CT molecular complexity index is 1050. The van der Waals surface area contributed by atoms with Gasteiger partial charge in [-0.2, -0.15) is 0 Å². The van der Waals surface area contributed by atoms with Crippen molar-refractivity contribution in [2.45, 2.75) is 99.8 Å². The summed E-state index contributed by atoms with van der Waals surface area (Å²) in [5, 5.41) is 0. The quantitative estimate of drug-likeness (QED) is 0.136. The molecule has 12 nitrogen and oxygen atoms in total. The third-order valence-electron chi connectivity index (χ3n) is 6.39. The van der Waals surface area contributed by atoms with Gasteiger partial charge in [0.05, 0.1) is 19.8 Å². The average molecular weight is 612 g/mol. The van der Waals surface area contributed by atoms with Crippen LogP contribution in [0.4, 0.5) is 14.4 Å². The molecule has 1 rings (SSSR count). The van der Waals surface area contributed by atoms with Gasteiger partial charge < -0.3 is 38.9 Å². The fourth-order valence-electron chi connectivity index (χ4n) is 3.00. The highest BCUT2D eigenvalue weighted by atomic mass is 16.7. The minimum Gasteiger partial charge on any atom is -0.458 e. The third-order valence-corrected chi connectivity index (χ3v) is 6.39. The Labute approximate surface area is 254 Å². The van der Waals surface area contributed by atoms with E-state index in [1.54, 1.807) is 19.9 Å². The molecule has 0 radical (unpaired) electrons. The maximum Gasteiger partial charge on any atom is 0.513 e. The molecule has 0 aromatic heterocycles. The molecule has 5 atom stereocenters. The van der Waals surface area contributed by atoms with Crippen LogP contribution in [0.15, 0.2) is 18.2 Å². The molecule has 2 N–H and O–H groups in total. The van der Waals surface area contributed by atoms with Crippen molar-refractivity contribution in [3.05, 3.63) is 23.8 Å². The number of carbonyl (C=O) groups is 4. The van der Waals surface area contributed by atoms with E-state index in [4.69, 9.17) is 38.9 Å². The highest BCUT2D eigenvalue weighted by Gasteiger charge is 2.26. The third kappa shape index (κ3) is 15.5. The Morgan fingerprint density at radius 1 is 0.744 bits per heavy atom. The number of carbonyl (C=O) groups excluding carboxylic acids is 4. The van der Waals surface area contributed by atoms with E-state index in [2.05, 4.69) is 0 Å². The molecule has 1 aromatic carbocycles. The summed E-state index contributed by atoms with van der Waals surface area (Å²) in [5.74, 6) is -0.666. The first-order chi connectivity index (χ1) is 20.0. The highest BCUT2D eigenvalue weighted by Crippen LogP contribution is 2.30. The summed E-state index contributed by atoms with van der Waals surface area (Å²) in [6, 6.07) is 3.26. The van der Waals surface area contributed by atoms with E-state index in [-0.39, 0.29) is 55.0 Å². The lowest BCUT2D eigenvalue weighted by Crippen LogP contribution is -2.39. The largest absolute Gasteiger partial charge is 0.513 e. The molecule has 2 unspecified atom stereocenters. The van der Waals surface area contributed by atoms with Gasteiger partial charge in [0.1, 0.15) is 18.2 Å². The van der Waals surface area contributed by atoms with E-state index in [9.17, 15) is 19.2 Å². The molecule has 0 aliphatic rings. The van der Waals surface area contributed by atoms with E-state index < -0.39 is 42.7 Å². The van der Waals surface area contributed by atoms with Crippen LogP contribution < -0.4 is 15.2 Å². The van der Waals surface area contributed by atoms with Gasteiger partial charge >= 0.3 is 24.4 Å². The molecule has 0 saturated heterocycles. The lowest BCUT2D eigenvalue weighted by molar-refractivity contribution is -0.155. The molecule has 244 valence electrons. The van der Waals surface area contributed by atoms with Gasteiger partial charge in [0, 0.05) is 0 Å². The maximum absolute atomic E-state index is 12.7. The topological polar surface area (TPSA) is 159 Å². The lowest BCUT2D eigenvalue weighted by Gasteiger charge is -2.23. The first kappa shape index (κ1) is 37.5. The van der Waals surface area contributed by atoms with Gasteiger partial charge in [-0.15, -0.1) is 0 Å². The second kappa shape index (κ2) is 18.2. The zero-order valence-electron chi connectivity index (χ0n) is 26.9. The van der Waals surface area contributed by atoms with Crippen LogP contribution in [0.3, 0.4) is 0 Å². The van der Waals surface area contributed by atoms with Crippen molar-refractivity contribution in [2.24, 2.45) is 23.0 Å². The Balaban J connectivity index is 2.91. The molecule has 0 aliphatic heterocycles. The molecular formula is C31H49NO11. The van der Waals surface area contributed by atoms with Gasteiger partial charge in [0.15, 0.2) is 11.5 Å². The molecular weight excluding hydrogens is 562 g/mol. The van der Waals surface area contributed by atoms with Gasteiger partial charge in [-0.25, -0.2) is 14.4 Å². The first-order valence-corrected chi connectivity index (χ1v) is 14.7. The van der Waals surface area contributed by atoms with Crippen molar-refractivity contribution in [1.82, 2.24) is 0 Å². The second-order valence-corrected chi connectivity index (χ2v) is 12.0. The number of hydrogen-bond acceptors (Lipinski definition) is 12. The van der Waals surface area contributed by atoms with Crippen molar-refractivity contribution < 1.29 is 52.3 Å². The molecule has 43 heavy (non-hydrogen) atoms. The Morgan fingerprint density at radius 3 is 1.77 bits per heavy atom. The van der Waals surface area contributed by atoms with Gasteiger partial charge in [-0.3, -0.25) is 4.79 Å². The number of hydrogen-bond donors (Lipinski definition) is 1. The van der Waals surface area contributed by atoms with E-state index in [1.807, 2.05) is 48.5 Å². The fourth-order valence-corrected chi connectivity index (χ4v) is 3.00. The van der Waals surface area contributed by atoms with Crippen molar-refractivity contribution in [3.8, 4) is 11.5 Å². The monoisotopic (exact) mass is 611 g/mol. The number of ether oxygens (including phenoxy) is 7. The van der Waals surface area contributed by atoms with E-state index >= 15 is 0 Å². The van der Waals surface area contributed by atoms with Crippen LogP contribution in [0.1, 0.15) is 80.7 Å². The second-order valence-electron chi connectivity index (χ2n) is 12.0. The lowest BCUT2D eigenvalue weighted by atomic mass is 9.99. The summed E-state index contributed by atoms with van der Waals surface area (Å²) in [6.07, 6.45) is -2.80. The molecule has 0 spiro atoms. The Morgan fingerprint density at radius 2 is 1.26 bits per heavy atom. The summed E-state index contributed by atoms with van der Waals surface area (Å²) in [4.78, 5) is 49.2. The van der Waals surface area contributed by atoms with Crippen molar-refractivity contribution in [1.29, 1.82) is 0 Å². The summed E-state index contributed by atoms with van der Waals surface area (Å²) < 4.78 is 36.6. The minimum absolute atomic E-state index is 0.00850. The van der Waals surface area contributed by atoms with Crippen LogP contribution in [-0.2, 0) is 34.9 Å². The molecule has 0 bridgehead atoms. The predicted molar refractivity (Wildman–Crippen MR) is 158 cm³/mol. The highest BCUT2D eigenvalue weighted by molar-refractivity contribution is 5.76. The fraction of sp³-hybridized carbons (Fsp3) is 0.677. The number of nitrogens with two attached hydrogens (primary N) is 1. The SMILES string of the molecule is CCC(C)COC(=O)Oc1ccc(C[C@H](N)C(=O)O[C@@H](C)[C@H](C)OC(=O)OCC(C)(C)C)cc1OC(=O)OCC(C)CC. The van der Waals surface area contributed by atoms with Crippen LogP contribution in [0, 0.1) is 17.3 Å². The van der Waals surface area contributed by atoms with Crippen molar-refractivity contribution in [2.75, 3.05) is 19.8 Å². The summed E-state index contributed by atoms with van der Waals surface area (Å²) in [6.45, 7) is 17.1. The van der Waals surface area contributed by atoms with Crippen LogP contribution in [0.25, 0.3) is 0 Å². The van der Waals surface area contributed by atoms with Gasteiger partial charge in [0.25, 0.3) is 0 Å². The number of rotatable bonds is 15. The van der Waals surface area contributed by atoms with Gasteiger partial charge in [-0.05, 0) is 55.2 Å². The molecule has 0 fully saturated rings.